The molecule has 2 aromatic rings. The number of imidazole rings is 1. The zero-order chi connectivity index (χ0) is 10.3. The third kappa shape index (κ3) is 1.34. The first-order chi connectivity index (χ1) is 6.48. The highest BCUT2D eigenvalue weighted by molar-refractivity contribution is 5.42. The Balaban J connectivity index is 2.73. The molecule has 0 aromatic carbocycles. The van der Waals surface area contributed by atoms with Crippen LogP contribution in [0.15, 0.2) is 24.5 Å². The number of fused-ring (bicyclic) bond motifs is 1. The fourth-order valence-corrected chi connectivity index (χ4v) is 1.30. The topological polar surface area (TPSA) is 17.3 Å². The molecule has 5 heteroatoms. The van der Waals surface area contributed by atoms with Crippen LogP contribution in [0, 0.1) is 6.92 Å². The van der Waals surface area contributed by atoms with Crippen molar-refractivity contribution >= 4 is 5.65 Å². The monoisotopic (exact) mass is 200 g/mol. The van der Waals surface area contributed by atoms with Gasteiger partial charge in [-0.3, -0.25) is 4.40 Å². The van der Waals surface area contributed by atoms with Gasteiger partial charge in [-0.2, -0.15) is 13.2 Å². The number of pyridine rings is 1. The van der Waals surface area contributed by atoms with E-state index in [0.29, 0.717) is 5.65 Å². The van der Waals surface area contributed by atoms with Crippen LogP contribution in [0.2, 0.25) is 0 Å². The smallest absolute Gasteiger partial charge is 0.296 e. The van der Waals surface area contributed by atoms with Crippen LogP contribution in [0.1, 0.15) is 11.3 Å². The molecule has 0 N–H and O–H groups in total. The van der Waals surface area contributed by atoms with Crippen molar-refractivity contribution in [3.05, 3.63) is 35.8 Å². The van der Waals surface area contributed by atoms with E-state index in [2.05, 4.69) is 4.98 Å². The summed E-state index contributed by atoms with van der Waals surface area (Å²) in [6, 6.07) is 3.28. The van der Waals surface area contributed by atoms with Crippen LogP contribution in [-0.2, 0) is 6.18 Å². The van der Waals surface area contributed by atoms with E-state index >= 15 is 0 Å². The van der Waals surface area contributed by atoms with Gasteiger partial charge in [-0.05, 0) is 18.6 Å². The number of hydrogen-bond acceptors (Lipinski definition) is 1. The predicted octanol–water partition coefficient (Wildman–Crippen LogP) is 2.66. The van der Waals surface area contributed by atoms with E-state index in [4.69, 9.17) is 0 Å². The van der Waals surface area contributed by atoms with E-state index in [1.165, 1.54) is 6.20 Å². The molecule has 0 bridgehead atoms. The Morgan fingerprint density at radius 3 is 2.64 bits per heavy atom. The SMILES string of the molecule is Cc1ccc2ncc(C(F)(F)F)n2c1. The highest BCUT2D eigenvalue weighted by atomic mass is 19.4. The number of hydrogen-bond donors (Lipinski definition) is 0. The third-order valence-electron chi connectivity index (χ3n) is 1.94. The van der Waals surface area contributed by atoms with Gasteiger partial charge in [0.2, 0.25) is 0 Å². The Morgan fingerprint density at radius 1 is 1.29 bits per heavy atom. The molecule has 2 nitrogen and oxygen atoms in total. The minimum absolute atomic E-state index is 0.308. The van der Waals surface area contributed by atoms with Crippen LogP contribution >= 0.6 is 0 Å². The summed E-state index contributed by atoms with van der Waals surface area (Å²) in [6.45, 7) is 1.74. The normalized spacial score (nSPS) is 12.3. The summed E-state index contributed by atoms with van der Waals surface area (Å²) in [5.41, 5.74) is 0.333. The zero-order valence-electron chi connectivity index (χ0n) is 7.34. The Kier molecular flexibility index (Phi) is 1.77. The number of aryl methyl sites for hydroxylation is 1. The van der Waals surface area contributed by atoms with E-state index in [1.807, 2.05) is 0 Å². The molecule has 74 valence electrons. The largest absolute Gasteiger partial charge is 0.433 e. The van der Waals surface area contributed by atoms with Crippen molar-refractivity contribution in [2.24, 2.45) is 0 Å². The van der Waals surface area contributed by atoms with Gasteiger partial charge in [0.15, 0.2) is 0 Å². The fraction of sp³-hybridized carbons (Fsp3) is 0.222. The molecule has 14 heavy (non-hydrogen) atoms. The van der Waals surface area contributed by atoms with Gasteiger partial charge in [0, 0.05) is 6.20 Å². The summed E-state index contributed by atoms with van der Waals surface area (Å²) < 4.78 is 38.3. The average molecular weight is 200 g/mol. The summed E-state index contributed by atoms with van der Waals surface area (Å²) in [5, 5.41) is 0. The lowest BCUT2D eigenvalue weighted by molar-refractivity contribution is -0.141. The summed E-state index contributed by atoms with van der Waals surface area (Å²) in [5.74, 6) is 0. The molecular weight excluding hydrogens is 193 g/mol. The van der Waals surface area contributed by atoms with Gasteiger partial charge in [-0.25, -0.2) is 4.98 Å². The van der Waals surface area contributed by atoms with Crippen molar-refractivity contribution in [1.82, 2.24) is 9.38 Å². The first-order valence-electron chi connectivity index (χ1n) is 3.99. The van der Waals surface area contributed by atoms with E-state index in [9.17, 15) is 13.2 Å². The molecule has 0 saturated heterocycles. The lowest BCUT2D eigenvalue weighted by Crippen LogP contribution is -2.08. The van der Waals surface area contributed by atoms with Crippen LogP contribution in [0.4, 0.5) is 13.2 Å². The number of nitrogens with zero attached hydrogens (tertiary/aromatic N) is 2. The Bertz CT molecular complexity index is 470. The molecule has 0 saturated carbocycles. The second-order valence-electron chi connectivity index (χ2n) is 3.08. The second-order valence-corrected chi connectivity index (χ2v) is 3.08. The second kappa shape index (κ2) is 2.73. The van der Waals surface area contributed by atoms with Crippen LogP contribution in [0.3, 0.4) is 0 Å². The molecular formula is C9H7F3N2. The molecule has 2 rings (SSSR count). The molecule has 2 aromatic heterocycles. The quantitative estimate of drug-likeness (QED) is 0.639. The maximum Gasteiger partial charge on any atom is 0.433 e. The van der Waals surface area contributed by atoms with E-state index < -0.39 is 11.9 Å². The summed E-state index contributed by atoms with van der Waals surface area (Å²) in [7, 11) is 0. The predicted molar refractivity (Wildman–Crippen MR) is 44.9 cm³/mol. The number of alkyl halides is 3. The Labute approximate surface area is 78.0 Å². The molecule has 0 aliphatic heterocycles. The van der Waals surface area contributed by atoms with Crippen molar-refractivity contribution < 1.29 is 13.2 Å². The molecule has 0 spiro atoms. The summed E-state index contributed by atoms with van der Waals surface area (Å²) in [4.78, 5) is 3.67. The molecule has 0 amide bonds. The van der Waals surface area contributed by atoms with Crippen molar-refractivity contribution in [1.29, 1.82) is 0 Å². The lowest BCUT2D eigenvalue weighted by atomic mass is 10.3. The third-order valence-corrected chi connectivity index (χ3v) is 1.94. The van der Waals surface area contributed by atoms with E-state index in [1.54, 1.807) is 19.1 Å². The van der Waals surface area contributed by atoms with Crippen LogP contribution < -0.4 is 0 Å². The summed E-state index contributed by atoms with van der Waals surface area (Å²) in [6.07, 6.45) is -2.09. The fourth-order valence-electron chi connectivity index (χ4n) is 1.30. The van der Waals surface area contributed by atoms with Crippen LogP contribution in [0.5, 0.6) is 0 Å². The number of aromatic nitrogens is 2. The molecule has 0 aliphatic rings. The zero-order valence-corrected chi connectivity index (χ0v) is 7.34. The van der Waals surface area contributed by atoms with Crippen LogP contribution in [0.25, 0.3) is 5.65 Å². The van der Waals surface area contributed by atoms with Crippen molar-refractivity contribution in [2.45, 2.75) is 13.1 Å². The maximum absolute atomic E-state index is 12.4. The van der Waals surface area contributed by atoms with Gasteiger partial charge in [0.1, 0.15) is 11.3 Å². The van der Waals surface area contributed by atoms with Gasteiger partial charge in [-0.1, -0.05) is 6.07 Å². The average Bonchev–Trinajstić information content (AvgIpc) is 2.45. The maximum atomic E-state index is 12.4. The van der Waals surface area contributed by atoms with Crippen molar-refractivity contribution in [3.63, 3.8) is 0 Å². The minimum atomic E-state index is -4.35. The van der Waals surface area contributed by atoms with Crippen molar-refractivity contribution in [3.8, 4) is 0 Å². The molecule has 0 radical (unpaired) electrons. The van der Waals surface area contributed by atoms with Gasteiger partial charge in [0.25, 0.3) is 0 Å². The van der Waals surface area contributed by atoms with Gasteiger partial charge in [0.05, 0.1) is 6.20 Å². The first-order valence-corrected chi connectivity index (χ1v) is 3.99. The summed E-state index contributed by atoms with van der Waals surface area (Å²) >= 11 is 0. The standard InChI is InChI=1S/C9H7F3N2/c1-6-2-3-8-13-4-7(9(10,11)12)14(8)5-6/h2-5H,1H3. The van der Waals surface area contributed by atoms with Crippen LogP contribution in [-0.4, -0.2) is 9.38 Å². The van der Waals surface area contributed by atoms with E-state index in [0.717, 1.165) is 16.2 Å². The molecule has 0 aliphatic carbocycles. The number of halogens is 3. The van der Waals surface area contributed by atoms with Gasteiger partial charge >= 0.3 is 6.18 Å². The highest BCUT2D eigenvalue weighted by Crippen LogP contribution is 2.29. The Hall–Kier alpha value is -1.52. The molecule has 0 fully saturated rings. The van der Waals surface area contributed by atoms with Gasteiger partial charge < -0.3 is 0 Å². The van der Waals surface area contributed by atoms with Gasteiger partial charge in [-0.15, -0.1) is 0 Å². The first kappa shape index (κ1) is 9.05. The van der Waals surface area contributed by atoms with E-state index in [-0.39, 0.29) is 0 Å². The Morgan fingerprint density at radius 2 is 2.00 bits per heavy atom. The highest BCUT2D eigenvalue weighted by Gasteiger charge is 2.34. The number of rotatable bonds is 0. The molecule has 0 unspecified atom stereocenters. The lowest BCUT2D eigenvalue weighted by Gasteiger charge is -2.05. The molecule has 0 atom stereocenters. The molecule has 2 heterocycles. The van der Waals surface area contributed by atoms with Crippen molar-refractivity contribution in [2.75, 3.05) is 0 Å². The minimum Gasteiger partial charge on any atom is -0.296 e.